The van der Waals surface area contributed by atoms with Crippen molar-refractivity contribution in [1.29, 1.82) is 0 Å². The highest BCUT2D eigenvalue weighted by atomic mass is 35.5. The molecule has 0 aliphatic carbocycles. The van der Waals surface area contributed by atoms with Gasteiger partial charge in [0, 0.05) is 10.3 Å². The highest BCUT2D eigenvalue weighted by Crippen LogP contribution is 2.18. The Bertz CT molecular complexity index is 254. The Morgan fingerprint density at radius 2 is 2.09 bits per heavy atom. The van der Waals surface area contributed by atoms with Crippen LogP contribution >= 0.6 is 34.8 Å². The Kier molecular flexibility index (Phi) is 2.82. The van der Waals surface area contributed by atoms with Gasteiger partial charge in [0.05, 0.1) is 5.88 Å². The fourth-order valence-electron chi connectivity index (χ4n) is 0.656. The van der Waals surface area contributed by atoms with Crippen molar-refractivity contribution in [1.82, 2.24) is 0 Å². The summed E-state index contributed by atoms with van der Waals surface area (Å²) in [7, 11) is 0. The van der Waals surface area contributed by atoms with Gasteiger partial charge in [-0.1, -0.05) is 11.6 Å². The van der Waals surface area contributed by atoms with Crippen molar-refractivity contribution in [3.8, 4) is 0 Å². The van der Waals surface area contributed by atoms with Crippen molar-refractivity contribution in [3.63, 3.8) is 0 Å². The standard InChI is InChI=1S/C6H5Cl3NO/c7-2-4-1-5(8)6(9)10(11)3-4/h1,3,11H,2H2/q+1. The molecule has 1 heterocycles. The van der Waals surface area contributed by atoms with Crippen LogP contribution in [0.1, 0.15) is 5.56 Å². The minimum Gasteiger partial charge on any atom is -0.284 e. The molecule has 5 heteroatoms. The molecule has 0 bridgehead atoms. The van der Waals surface area contributed by atoms with Crippen LogP contribution in [0.25, 0.3) is 0 Å². The molecule has 0 saturated heterocycles. The molecule has 60 valence electrons. The second kappa shape index (κ2) is 3.48. The van der Waals surface area contributed by atoms with E-state index in [0.29, 0.717) is 5.56 Å². The summed E-state index contributed by atoms with van der Waals surface area (Å²) in [4.78, 5) is 0. The third-order valence-corrected chi connectivity index (χ3v) is 2.22. The van der Waals surface area contributed by atoms with Crippen LogP contribution in [0.5, 0.6) is 0 Å². The second-order valence-electron chi connectivity index (χ2n) is 1.97. The lowest BCUT2D eigenvalue weighted by atomic mass is 10.3. The van der Waals surface area contributed by atoms with Gasteiger partial charge in [-0.15, -0.1) is 11.6 Å². The summed E-state index contributed by atoms with van der Waals surface area (Å²) in [6.07, 6.45) is 1.40. The molecule has 0 amide bonds. The average molecular weight is 213 g/mol. The second-order valence-corrected chi connectivity index (χ2v) is 3.00. The zero-order chi connectivity index (χ0) is 8.43. The fourth-order valence-corrected chi connectivity index (χ4v) is 1.13. The molecular weight excluding hydrogens is 208 g/mol. The third kappa shape index (κ3) is 1.89. The summed E-state index contributed by atoms with van der Waals surface area (Å²) in [6.45, 7) is 0. The summed E-state index contributed by atoms with van der Waals surface area (Å²) in [6, 6.07) is 1.60. The highest BCUT2D eigenvalue weighted by molar-refractivity contribution is 6.40. The summed E-state index contributed by atoms with van der Waals surface area (Å²) in [5.41, 5.74) is 0.712. The van der Waals surface area contributed by atoms with E-state index in [2.05, 4.69) is 0 Å². The van der Waals surface area contributed by atoms with Crippen LogP contribution in [0.4, 0.5) is 0 Å². The maximum atomic E-state index is 9.05. The first kappa shape index (κ1) is 8.91. The monoisotopic (exact) mass is 212 g/mol. The minimum absolute atomic E-state index is 0.0838. The fraction of sp³-hybridized carbons (Fsp3) is 0.167. The van der Waals surface area contributed by atoms with Gasteiger partial charge in [0.2, 0.25) is 6.20 Å². The first-order valence-corrected chi connectivity index (χ1v) is 4.09. The van der Waals surface area contributed by atoms with Crippen LogP contribution < -0.4 is 4.73 Å². The highest BCUT2D eigenvalue weighted by Gasteiger charge is 2.13. The van der Waals surface area contributed by atoms with Crippen LogP contribution in [-0.4, -0.2) is 5.21 Å². The lowest BCUT2D eigenvalue weighted by Crippen LogP contribution is -2.31. The minimum atomic E-state index is 0.0838. The van der Waals surface area contributed by atoms with Crippen LogP contribution in [0.15, 0.2) is 12.3 Å². The van der Waals surface area contributed by atoms with E-state index in [4.69, 9.17) is 40.0 Å². The molecule has 0 aromatic carbocycles. The molecule has 0 aliphatic heterocycles. The molecule has 1 aromatic heterocycles. The SMILES string of the molecule is O[n+]1cc(CCl)cc(Cl)c1Cl. The van der Waals surface area contributed by atoms with E-state index < -0.39 is 0 Å². The molecule has 0 fully saturated rings. The maximum Gasteiger partial charge on any atom is 0.343 e. The lowest BCUT2D eigenvalue weighted by molar-refractivity contribution is -0.903. The van der Waals surface area contributed by atoms with E-state index in [1.54, 1.807) is 6.07 Å². The van der Waals surface area contributed by atoms with E-state index in [1.165, 1.54) is 6.20 Å². The van der Waals surface area contributed by atoms with Gasteiger partial charge in [0.25, 0.3) is 0 Å². The smallest absolute Gasteiger partial charge is 0.284 e. The number of nitrogens with zero attached hydrogens (tertiary/aromatic N) is 1. The first-order chi connectivity index (χ1) is 5.15. The van der Waals surface area contributed by atoms with Gasteiger partial charge in [-0.2, -0.15) is 0 Å². The van der Waals surface area contributed by atoms with Gasteiger partial charge < -0.3 is 0 Å². The zero-order valence-corrected chi connectivity index (χ0v) is 7.66. The van der Waals surface area contributed by atoms with Gasteiger partial charge in [-0.05, 0) is 17.7 Å². The van der Waals surface area contributed by atoms with Crippen LogP contribution in [0.2, 0.25) is 10.2 Å². The third-order valence-electron chi connectivity index (χ3n) is 1.15. The van der Waals surface area contributed by atoms with Gasteiger partial charge >= 0.3 is 5.15 Å². The molecule has 2 nitrogen and oxygen atoms in total. The van der Waals surface area contributed by atoms with Gasteiger partial charge in [0.15, 0.2) is 0 Å². The van der Waals surface area contributed by atoms with Crippen molar-refractivity contribution < 1.29 is 9.94 Å². The van der Waals surface area contributed by atoms with Crippen molar-refractivity contribution in [2.45, 2.75) is 5.88 Å². The zero-order valence-electron chi connectivity index (χ0n) is 5.39. The number of halogens is 3. The van der Waals surface area contributed by atoms with Crippen molar-refractivity contribution in [3.05, 3.63) is 28.0 Å². The molecule has 0 radical (unpaired) electrons. The molecular formula is C6H5Cl3NO+. The summed E-state index contributed by atoms with van der Waals surface area (Å²) < 4.78 is 0.738. The first-order valence-electron chi connectivity index (χ1n) is 2.80. The molecule has 1 N–H and O–H groups in total. The molecule has 0 saturated carbocycles. The molecule has 1 rings (SSSR count). The number of hydrogen-bond acceptors (Lipinski definition) is 1. The number of hydrogen-bond donors (Lipinski definition) is 1. The molecule has 0 spiro atoms. The van der Waals surface area contributed by atoms with Gasteiger partial charge in [-0.25, -0.2) is 0 Å². The van der Waals surface area contributed by atoms with Crippen LogP contribution in [0.3, 0.4) is 0 Å². The molecule has 0 unspecified atom stereocenters. The molecule has 1 aromatic rings. The number of pyridine rings is 1. The number of alkyl halides is 1. The van der Waals surface area contributed by atoms with Gasteiger partial charge in [0.1, 0.15) is 5.02 Å². The van der Waals surface area contributed by atoms with Crippen LogP contribution in [0, 0.1) is 0 Å². The van der Waals surface area contributed by atoms with E-state index in [0.717, 1.165) is 4.73 Å². The Hall–Kier alpha value is -0.180. The van der Waals surface area contributed by atoms with E-state index >= 15 is 0 Å². The molecule has 0 aliphatic rings. The number of aromatic nitrogens is 1. The maximum absolute atomic E-state index is 9.05. The summed E-state index contributed by atoms with van der Waals surface area (Å²) in [5, 5.41) is 9.42. The topological polar surface area (TPSA) is 24.1 Å². The summed E-state index contributed by atoms with van der Waals surface area (Å²) >= 11 is 16.7. The largest absolute Gasteiger partial charge is 0.343 e. The summed E-state index contributed by atoms with van der Waals surface area (Å²) in [5.74, 6) is 0.289. The van der Waals surface area contributed by atoms with Crippen molar-refractivity contribution in [2.75, 3.05) is 0 Å². The Labute approximate surface area is 78.9 Å². The average Bonchev–Trinajstić information content (AvgIpc) is 1.99. The quantitative estimate of drug-likeness (QED) is 0.329. The van der Waals surface area contributed by atoms with Gasteiger partial charge in [-0.3, -0.25) is 5.21 Å². The number of rotatable bonds is 1. The normalized spacial score (nSPS) is 10.1. The van der Waals surface area contributed by atoms with E-state index in [-0.39, 0.29) is 16.1 Å². The Balaban J connectivity index is 3.21. The van der Waals surface area contributed by atoms with Crippen LogP contribution in [-0.2, 0) is 5.88 Å². The predicted octanol–water partition coefficient (Wildman–Crippen LogP) is 2.26. The Morgan fingerprint density at radius 3 is 2.55 bits per heavy atom. The van der Waals surface area contributed by atoms with E-state index in [1.807, 2.05) is 0 Å². The Morgan fingerprint density at radius 1 is 1.45 bits per heavy atom. The molecule has 0 atom stereocenters. The van der Waals surface area contributed by atoms with Crippen molar-refractivity contribution in [2.24, 2.45) is 0 Å². The lowest BCUT2D eigenvalue weighted by Gasteiger charge is -1.93. The predicted molar refractivity (Wildman–Crippen MR) is 43.4 cm³/mol. The molecule has 11 heavy (non-hydrogen) atoms. The van der Waals surface area contributed by atoms with E-state index in [9.17, 15) is 0 Å². The van der Waals surface area contributed by atoms with Crippen molar-refractivity contribution >= 4 is 34.8 Å².